The van der Waals surface area contributed by atoms with Crippen molar-refractivity contribution in [2.24, 2.45) is 0 Å². The first-order valence-electron chi connectivity index (χ1n) is 11.1. The van der Waals surface area contributed by atoms with Gasteiger partial charge in [0.05, 0.1) is 19.4 Å². The molecular weight excluding hydrogens is 500 g/mol. The van der Waals surface area contributed by atoms with Gasteiger partial charge in [0.2, 0.25) is 0 Å². The lowest BCUT2D eigenvalue weighted by Gasteiger charge is -2.14. The monoisotopic (exact) mass is 524 g/mol. The third kappa shape index (κ3) is 8.83. The van der Waals surface area contributed by atoms with Crippen molar-refractivity contribution in [1.82, 2.24) is 30.6 Å². The van der Waals surface area contributed by atoms with Gasteiger partial charge < -0.3 is 20.1 Å². The summed E-state index contributed by atoms with van der Waals surface area (Å²) >= 11 is 0. The van der Waals surface area contributed by atoms with Crippen LogP contribution in [0.3, 0.4) is 0 Å². The topological polar surface area (TPSA) is 120 Å². The first-order valence-corrected chi connectivity index (χ1v) is 11.1. The smallest absolute Gasteiger partial charge is 0.405 e. The van der Waals surface area contributed by atoms with E-state index in [1.165, 1.54) is 29.1 Å². The molecule has 0 radical (unpaired) electrons. The number of amides is 2. The lowest BCUT2D eigenvalue weighted by atomic mass is 10.1. The molecule has 37 heavy (non-hydrogen) atoms. The maximum absolute atomic E-state index is 12.5. The van der Waals surface area contributed by atoms with Gasteiger partial charge >= 0.3 is 6.18 Å². The number of hydrogen-bond acceptors (Lipinski definition) is 7. The van der Waals surface area contributed by atoms with Crippen LogP contribution in [-0.4, -0.2) is 77.6 Å². The molecule has 0 aliphatic rings. The number of nitrogens with zero attached hydrogens (tertiary/aromatic N) is 4. The van der Waals surface area contributed by atoms with Crippen LogP contribution >= 0.6 is 0 Å². The molecular formula is C23H24F4N6O4. The Labute approximate surface area is 209 Å². The van der Waals surface area contributed by atoms with Gasteiger partial charge in [0, 0.05) is 30.4 Å². The van der Waals surface area contributed by atoms with Crippen LogP contribution in [0.15, 0.2) is 48.8 Å². The van der Waals surface area contributed by atoms with Crippen LogP contribution in [0.25, 0.3) is 5.69 Å². The average Bonchev–Trinajstić information content (AvgIpc) is 3.37. The first-order chi connectivity index (χ1) is 17.8. The summed E-state index contributed by atoms with van der Waals surface area (Å²) in [5.41, 5.74) is 0.978. The minimum atomic E-state index is -4.57. The van der Waals surface area contributed by atoms with Crippen LogP contribution < -0.4 is 15.4 Å². The number of nitrogens with one attached hydrogen (secondary N) is 2. The van der Waals surface area contributed by atoms with E-state index in [0.29, 0.717) is 13.0 Å². The number of benzene rings is 1. The zero-order valence-corrected chi connectivity index (χ0v) is 19.5. The standard InChI is InChI=1S/C23H24F4N6O4/c24-7-10-36-11-12-37-20-13-16(21(34)30-15-23(25,26)27)4-5-19(20)33-14-18(31-32-33)22(35)29-9-6-17-3-1-2-8-28-17/h1-5,8,13-14H,6-7,9-12,15H2,(H,29,35)(H,30,34). The molecule has 0 saturated heterocycles. The predicted octanol–water partition coefficient (Wildman–Crippen LogP) is 2.29. The molecule has 3 aromatic rings. The highest BCUT2D eigenvalue weighted by atomic mass is 19.4. The molecule has 2 amide bonds. The molecule has 0 bridgehead atoms. The second-order valence-corrected chi connectivity index (χ2v) is 7.51. The lowest BCUT2D eigenvalue weighted by molar-refractivity contribution is -0.123. The number of pyridine rings is 1. The molecule has 0 unspecified atom stereocenters. The number of ether oxygens (including phenoxy) is 2. The first kappa shape index (κ1) is 27.5. The maximum atomic E-state index is 12.5. The third-order valence-electron chi connectivity index (χ3n) is 4.74. The van der Waals surface area contributed by atoms with Gasteiger partial charge in [0.25, 0.3) is 11.8 Å². The molecule has 1 aromatic carbocycles. The lowest BCUT2D eigenvalue weighted by Crippen LogP contribution is -2.33. The zero-order valence-electron chi connectivity index (χ0n) is 19.5. The summed E-state index contributed by atoms with van der Waals surface area (Å²) in [6, 6.07) is 9.36. The van der Waals surface area contributed by atoms with E-state index in [4.69, 9.17) is 9.47 Å². The molecule has 0 aliphatic carbocycles. The van der Waals surface area contributed by atoms with Gasteiger partial charge in [-0.05, 0) is 30.3 Å². The molecule has 0 fully saturated rings. The van der Waals surface area contributed by atoms with Gasteiger partial charge in [0.15, 0.2) is 5.69 Å². The van der Waals surface area contributed by atoms with Gasteiger partial charge in [-0.2, -0.15) is 13.2 Å². The number of halogens is 4. The number of carbonyl (C=O) groups is 2. The Morgan fingerprint density at radius 2 is 1.86 bits per heavy atom. The fourth-order valence-corrected chi connectivity index (χ4v) is 3.04. The summed E-state index contributed by atoms with van der Waals surface area (Å²) in [6.07, 6.45) is -1.07. The Hall–Kier alpha value is -4.07. The van der Waals surface area contributed by atoms with Gasteiger partial charge in [-0.25, -0.2) is 9.07 Å². The highest BCUT2D eigenvalue weighted by Crippen LogP contribution is 2.25. The molecule has 198 valence electrons. The molecule has 10 nitrogen and oxygen atoms in total. The fraction of sp³-hybridized carbons (Fsp3) is 0.348. The van der Waals surface area contributed by atoms with E-state index < -0.39 is 31.2 Å². The molecule has 0 aliphatic heterocycles. The Bertz CT molecular complexity index is 1170. The van der Waals surface area contributed by atoms with E-state index in [1.54, 1.807) is 17.6 Å². The number of alkyl halides is 4. The Balaban J connectivity index is 1.71. The number of carbonyl (C=O) groups excluding carboxylic acids is 2. The van der Waals surface area contributed by atoms with Crippen molar-refractivity contribution in [2.75, 3.05) is 39.6 Å². The Morgan fingerprint density at radius 3 is 2.59 bits per heavy atom. The number of rotatable bonds is 13. The Kier molecular flexibility index (Phi) is 9.89. The van der Waals surface area contributed by atoms with E-state index in [1.807, 2.05) is 12.1 Å². The van der Waals surface area contributed by atoms with E-state index >= 15 is 0 Å². The van der Waals surface area contributed by atoms with Crippen molar-refractivity contribution in [3.8, 4) is 11.4 Å². The molecule has 0 saturated carbocycles. The summed E-state index contributed by atoms with van der Waals surface area (Å²) in [6.45, 7) is -2.00. The van der Waals surface area contributed by atoms with E-state index in [-0.39, 0.29) is 42.5 Å². The van der Waals surface area contributed by atoms with E-state index in [9.17, 15) is 27.2 Å². The second kappa shape index (κ2) is 13.3. The van der Waals surface area contributed by atoms with Crippen LogP contribution in [0.1, 0.15) is 26.5 Å². The van der Waals surface area contributed by atoms with Gasteiger partial charge in [-0.15, -0.1) is 5.10 Å². The molecule has 2 aromatic heterocycles. The predicted molar refractivity (Wildman–Crippen MR) is 122 cm³/mol. The summed E-state index contributed by atoms with van der Waals surface area (Å²) in [5, 5.41) is 12.3. The van der Waals surface area contributed by atoms with Crippen molar-refractivity contribution < 1.29 is 36.6 Å². The molecule has 3 rings (SSSR count). The van der Waals surface area contributed by atoms with Crippen LogP contribution in [-0.2, 0) is 11.2 Å². The zero-order chi connectivity index (χ0) is 26.7. The summed E-state index contributed by atoms with van der Waals surface area (Å²) < 4.78 is 61.4. The average molecular weight is 524 g/mol. The van der Waals surface area contributed by atoms with Gasteiger partial charge in [0.1, 0.15) is 31.3 Å². The van der Waals surface area contributed by atoms with Gasteiger partial charge in [-0.3, -0.25) is 14.6 Å². The SMILES string of the molecule is O=C(NCC(F)(F)F)c1ccc(-n2cc(C(=O)NCCc3ccccn3)nn2)c(OCCOCCF)c1. The number of aromatic nitrogens is 4. The number of hydrogen-bond donors (Lipinski definition) is 2. The second-order valence-electron chi connectivity index (χ2n) is 7.51. The van der Waals surface area contributed by atoms with Crippen molar-refractivity contribution in [1.29, 1.82) is 0 Å². The van der Waals surface area contributed by atoms with Crippen molar-refractivity contribution in [3.63, 3.8) is 0 Å². The molecule has 2 heterocycles. The summed E-state index contributed by atoms with van der Waals surface area (Å²) in [5.74, 6) is -1.38. The van der Waals surface area contributed by atoms with Crippen LogP contribution in [0.5, 0.6) is 5.75 Å². The van der Waals surface area contributed by atoms with Crippen molar-refractivity contribution >= 4 is 11.8 Å². The minimum absolute atomic E-state index is 0.00486. The minimum Gasteiger partial charge on any atom is -0.489 e. The molecule has 0 atom stereocenters. The van der Waals surface area contributed by atoms with E-state index in [2.05, 4.69) is 20.6 Å². The maximum Gasteiger partial charge on any atom is 0.405 e. The highest BCUT2D eigenvalue weighted by molar-refractivity contribution is 5.95. The quantitative estimate of drug-likeness (QED) is 0.260. The molecule has 2 N–H and O–H groups in total. The largest absolute Gasteiger partial charge is 0.489 e. The van der Waals surface area contributed by atoms with Gasteiger partial charge in [-0.1, -0.05) is 11.3 Å². The van der Waals surface area contributed by atoms with E-state index in [0.717, 1.165) is 5.69 Å². The Morgan fingerprint density at radius 1 is 1.03 bits per heavy atom. The van der Waals surface area contributed by atoms with Crippen LogP contribution in [0.4, 0.5) is 17.6 Å². The highest BCUT2D eigenvalue weighted by Gasteiger charge is 2.28. The summed E-state index contributed by atoms with van der Waals surface area (Å²) in [7, 11) is 0. The third-order valence-corrected chi connectivity index (χ3v) is 4.74. The molecule has 14 heteroatoms. The fourth-order valence-electron chi connectivity index (χ4n) is 3.04. The summed E-state index contributed by atoms with van der Waals surface area (Å²) in [4.78, 5) is 28.8. The van der Waals surface area contributed by atoms with Crippen LogP contribution in [0, 0.1) is 0 Å². The molecule has 0 spiro atoms. The van der Waals surface area contributed by atoms with Crippen molar-refractivity contribution in [3.05, 3.63) is 65.7 Å². The normalized spacial score (nSPS) is 11.2. The van der Waals surface area contributed by atoms with Crippen molar-refractivity contribution in [2.45, 2.75) is 12.6 Å². The van der Waals surface area contributed by atoms with Crippen LogP contribution in [0.2, 0.25) is 0 Å².